The van der Waals surface area contributed by atoms with Crippen molar-refractivity contribution in [2.24, 2.45) is 5.41 Å². The fourth-order valence-corrected chi connectivity index (χ4v) is 5.61. The maximum absolute atomic E-state index is 6.45. The van der Waals surface area contributed by atoms with Gasteiger partial charge in [-0.1, -0.05) is 11.1 Å². The summed E-state index contributed by atoms with van der Waals surface area (Å²) >= 11 is 0. The fourth-order valence-electron chi connectivity index (χ4n) is 5.61. The summed E-state index contributed by atoms with van der Waals surface area (Å²) in [4.78, 5) is 0. The van der Waals surface area contributed by atoms with E-state index in [1.54, 1.807) is 11.1 Å². The summed E-state index contributed by atoms with van der Waals surface area (Å²) < 4.78 is 24.0. The highest BCUT2D eigenvalue weighted by molar-refractivity contribution is 5.21. The van der Waals surface area contributed by atoms with Gasteiger partial charge in [0.25, 0.3) is 0 Å². The molecule has 0 aromatic carbocycles. The predicted octanol–water partition coefficient (Wildman–Crippen LogP) is 4.17. The van der Waals surface area contributed by atoms with Crippen LogP contribution in [0.1, 0.15) is 71.6 Å². The molecule has 2 saturated heterocycles. The topological polar surface area (TPSA) is 43.5 Å². The Kier molecular flexibility index (Phi) is 4.67. The van der Waals surface area contributed by atoms with Gasteiger partial charge in [-0.15, -0.1) is 0 Å². The second kappa shape index (κ2) is 6.88. The summed E-state index contributed by atoms with van der Waals surface area (Å²) in [6.45, 7) is 6.34. The quantitative estimate of drug-likeness (QED) is 0.504. The largest absolute Gasteiger partial charge is 0.378 e. The number of rotatable bonds is 7. The summed E-state index contributed by atoms with van der Waals surface area (Å²) in [7, 11) is 0. The smallest absolute Gasteiger partial charge is 0.0866 e. The van der Waals surface area contributed by atoms with Crippen LogP contribution in [0.5, 0.6) is 0 Å². The molecule has 0 aromatic rings. The van der Waals surface area contributed by atoms with E-state index >= 15 is 0 Å². The molecule has 0 radical (unpaired) electrons. The van der Waals surface area contributed by atoms with Crippen molar-refractivity contribution in [3.8, 4) is 0 Å². The minimum atomic E-state index is 0.253. The number of ether oxygens (including phenoxy) is 4. The summed E-state index contributed by atoms with van der Waals surface area (Å²) in [6, 6.07) is 0. The van der Waals surface area contributed by atoms with Crippen LogP contribution in [-0.2, 0) is 18.9 Å². The van der Waals surface area contributed by atoms with Gasteiger partial charge < -0.3 is 18.9 Å². The van der Waals surface area contributed by atoms with Crippen molar-refractivity contribution in [2.45, 2.75) is 108 Å². The summed E-state index contributed by atoms with van der Waals surface area (Å²) in [5.74, 6) is 0. The van der Waals surface area contributed by atoms with Gasteiger partial charge in [-0.25, -0.2) is 0 Å². The van der Waals surface area contributed by atoms with Gasteiger partial charge >= 0.3 is 0 Å². The lowest BCUT2D eigenvalue weighted by Gasteiger charge is -2.33. The maximum atomic E-state index is 6.45. The van der Waals surface area contributed by atoms with Crippen LogP contribution < -0.4 is 0 Å². The predicted molar refractivity (Wildman–Crippen MR) is 99.2 cm³/mol. The van der Waals surface area contributed by atoms with Gasteiger partial charge in [0.05, 0.1) is 43.2 Å². The molecule has 6 atom stereocenters. The molecule has 0 N–H and O–H groups in total. The zero-order chi connectivity index (χ0) is 17.7. The average molecular weight is 363 g/mol. The first-order valence-electron chi connectivity index (χ1n) is 10.8. The van der Waals surface area contributed by atoms with Crippen LogP contribution in [0.25, 0.3) is 0 Å². The lowest BCUT2D eigenvalue weighted by molar-refractivity contribution is -0.0422. The van der Waals surface area contributed by atoms with E-state index in [4.69, 9.17) is 18.9 Å². The van der Waals surface area contributed by atoms with Crippen molar-refractivity contribution in [3.63, 3.8) is 0 Å². The van der Waals surface area contributed by atoms with Crippen LogP contribution in [-0.4, -0.2) is 49.8 Å². The second-order valence-corrected chi connectivity index (χ2v) is 9.64. The van der Waals surface area contributed by atoms with E-state index in [1.165, 1.54) is 38.5 Å². The van der Waals surface area contributed by atoms with Crippen molar-refractivity contribution < 1.29 is 18.9 Å². The molecule has 146 valence electrons. The molecule has 0 spiro atoms. The minimum absolute atomic E-state index is 0.253. The van der Waals surface area contributed by atoms with Gasteiger partial charge in [-0.05, 0) is 58.8 Å². The molecule has 2 heterocycles. The van der Waals surface area contributed by atoms with Crippen LogP contribution in [0.4, 0.5) is 0 Å². The van der Waals surface area contributed by atoms with Crippen LogP contribution in [0, 0.1) is 5.41 Å². The SMILES string of the molecule is CC1=C(C)CC(CCOC2CCC3OC3C2)(COC2CCC3OC3C2)C1. The van der Waals surface area contributed by atoms with Crippen molar-refractivity contribution in [1.29, 1.82) is 0 Å². The van der Waals surface area contributed by atoms with Gasteiger partial charge in [-0.3, -0.25) is 0 Å². The Balaban J connectivity index is 1.12. The van der Waals surface area contributed by atoms with E-state index in [0.29, 0.717) is 36.6 Å². The normalized spacial score (nSPS) is 43.2. The van der Waals surface area contributed by atoms with E-state index in [1.807, 2.05) is 0 Å². The highest BCUT2D eigenvalue weighted by Crippen LogP contribution is 2.46. The molecule has 2 aliphatic heterocycles. The Morgan fingerprint density at radius 2 is 1.38 bits per heavy atom. The van der Waals surface area contributed by atoms with E-state index < -0.39 is 0 Å². The minimum Gasteiger partial charge on any atom is -0.378 e. The Bertz CT molecular complexity index is 556. The van der Waals surface area contributed by atoms with Gasteiger partial charge in [-0.2, -0.15) is 0 Å². The van der Waals surface area contributed by atoms with Crippen LogP contribution in [0.15, 0.2) is 11.1 Å². The van der Waals surface area contributed by atoms with Gasteiger partial charge in [0.1, 0.15) is 0 Å². The standard InChI is InChI=1S/C22H34O4/c1-14-11-22(12-15(14)2,13-24-17-4-6-19-21(10-17)26-19)7-8-23-16-3-5-18-20(9-16)25-18/h16-21H,3-13H2,1-2H3. The molecule has 0 aromatic heterocycles. The van der Waals surface area contributed by atoms with Crippen molar-refractivity contribution >= 4 is 0 Å². The van der Waals surface area contributed by atoms with E-state index in [9.17, 15) is 0 Å². The third-order valence-electron chi connectivity index (χ3n) is 7.53. The summed E-state index contributed by atoms with van der Waals surface area (Å²) in [6.07, 6.45) is 13.3. The first-order chi connectivity index (χ1) is 12.6. The first-order valence-corrected chi connectivity index (χ1v) is 10.8. The molecule has 3 aliphatic carbocycles. The Morgan fingerprint density at radius 1 is 0.808 bits per heavy atom. The van der Waals surface area contributed by atoms with Crippen molar-refractivity contribution in [2.75, 3.05) is 13.2 Å². The Labute approximate surface area is 157 Å². The number of hydrogen-bond donors (Lipinski definition) is 0. The third kappa shape index (κ3) is 3.76. The third-order valence-corrected chi connectivity index (χ3v) is 7.53. The van der Waals surface area contributed by atoms with Gasteiger partial charge in [0.2, 0.25) is 0 Å². The molecule has 5 rings (SSSR count). The Hall–Kier alpha value is -0.420. The lowest BCUT2D eigenvalue weighted by atomic mass is 9.81. The highest BCUT2D eigenvalue weighted by Gasteiger charge is 2.46. The zero-order valence-corrected chi connectivity index (χ0v) is 16.4. The average Bonchev–Trinajstić information content (AvgIpc) is 3.52. The van der Waals surface area contributed by atoms with E-state index in [0.717, 1.165) is 32.5 Å². The Morgan fingerprint density at radius 3 is 1.96 bits per heavy atom. The molecule has 0 bridgehead atoms. The van der Waals surface area contributed by atoms with Crippen molar-refractivity contribution in [3.05, 3.63) is 11.1 Å². The van der Waals surface area contributed by atoms with Crippen LogP contribution in [0.2, 0.25) is 0 Å². The maximum Gasteiger partial charge on any atom is 0.0866 e. The van der Waals surface area contributed by atoms with Gasteiger partial charge in [0, 0.05) is 24.9 Å². The second-order valence-electron chi connectivity index (χ2n) is 9.64. The number of allylic oxidation sites excluding steroid dienone is 2. The molecule has 6 unspecified atom stereocenters. The summed E-state index contributed by atoms with van der Waals surface area (Å²) in [5, 5.41) is 0. The molecule has 4 nitrogen and oxygen atoms in total. The highest BCUT2D eigenvalue weighted by atomic mass is 16.6. The number of hydrogen-bond acceptors (Lipinski definition) is 4. The molecule has 4 heteroatoms. The lowest BCUT2D eigenvalue weighted by Crippen LogP contribution is -2.32. The molecule has 0 amide bonds. The molecule has 4 fully saturated rings. The van der Waals surface area contributed by atoms with E-state index in [2.05, 4.69) is 13.8 Å². The zero-order valence-electron chi connectivity index (χ0n) is 16.4. The molecule has 5 aliphatic rings. The van der Waals surface area contributed by atoms with E-state index in [-0.39, 0.29) is 5.41 Å². The van der Waals surface area contributed by atoms with Crippen molar-refractivity contribution in [1.82, 2.24) is 0 Å². The number of fused-ring (bicyclic) bond motifs is 2. The molecule has 2 saturated carbocycles. The first kappa shape index (κ1) is 17.7. The monoisotopic (exact) mass is 362 g/mol. The molecule has 26 heavy (non-hydrogen) atoms. The molecular formula is C22H34O4. The number of epoxide rings is 2. The summed E-state index contributed by atoms with van der Waals surface area (Å²) in [5.41, 5.74) is 3.38. The molecular weight excluding hydrogens is 328 g/mol. The van der Waals surface area contributed by atoms with Crippen LogP contribution >= 0.6 is 0 Å². The fraction of sp³-hybridized carbons (Fsp3) is 0.909. The van der Waals surface area contributed by atoms with Gasteiger partial charge in [0.15, 0.2) is 0 Å². The van der Waals surface area contributed by atoms with Crippen LogP contribution in [0.3, 0.4) is 0 Å².